The Kier molecular flexibility index (Phi) is 11.0. The summed E-state index contributed by atoms with van der Waals surface area (Å²) in [5.74, 6) is 0.582. The van der Waals surface area contributed by atoms with E-state index in [9.17, 15) is 13.2 Å². The van der Waals surface area contributed by atoms with Crippen LogP contribution in [0.15, 0.2) is 93.3 Å². The van der Waals surface area contributed by atoms with E-state index in [0.717, 1.165) is 21.9 Å². The monoisotopic (exact) mass is 665 g/mol. The van der Waals surface area contributed by atoms with Crippen LogP contribution in [-0.2, 0) is 21.4 Å². The molecule has 0 aromatic heterocycles. The summed E-state index contributed by atoms with van der Waals surface area (Å²) in [6.07, 6.45) is 1.77. The zero-order chi connectivity index (χ0) is 31.0. The first-order valence-electron chi connectivity index (χ1n) is 14.0. The Morgan fingerprint density at radius 1 is 1.00 bits per heavy atom. The zero-order valence-electron chi connectivity index (χ0n) is 24.6. The van der Waals surface area contributed by atoms with Crippen LogP contribution >= 0.6 is 15.9 Å². The summed E-state index contributed by atoms with van der Waals surface area (Å²) < 4.78 is 41.2. The van der Waals surface area contributed by atoms with Crippen molar-refractivity contribution in [2.75, 3.05) is 6.61 Å². The van der Waals surface area contributed by atoms with Gasteiger partial charge in [-0.25, -0.2) is 13.8 Å². The Morgan fingerprint density at radius 2 is 1.72 bits per heavy atom. The minimum Gasteiger partial charge on any atom is -0.490 e. The fourth-order valence-corrected chi connectivity index (χ4v) is 6.32. The summed E-state index contributed by atoms with van der Waals surface area (Å²) in [6.45, 7) is 8.36. The summed E-state index contributed by atoms with van der Waals surface area (Å²) in [4.78, 5) is 13.1. The number of halogens is 1. The number of hydrogen-bond donors (Lipinski definition) is 2. The number of nitrogens with zero attached hydrogens (tertiary/aromatic N) is 1. The Morgan fingerprint density at radius 3 is 2.44 bits per heavy atom. The molecule has 0 radical (unpaired) electrons. The third-order valence-corrected chi connectivity index (χ3v) is 8.70. The van der Waals surface area contributed by atoms with Gasteiger partial charge in [0.1, 0.15) is 12.6 Å². The molecular formula is C33H36BrN3O5S. The number of amides is 1. The minimum absolute atomic E-state index is 0.0616. The van der Waals surface area contributed by atoms with Gasteiger partial charge in [-0.2, -0.15) is 9.82 Å². The summed E-state index contributed by atoms with van der Waals surface area (Å²) in [5.41, 5.74) is 5.12. The van der Waals surface area contributed by atoms with Crippen LogP contribution in [0.25, 0.3) is 10.8 Å². The second kappa shape index (κ2) is 14.6. The van der Waals surface area contributed by atoms with Gasteiger partial charge in [-0.15, -0.1) is 0 Å². The zero-order valence-corrected chi connectivity index (χ0v) is 27.0. The number of sulfonamides is 1. The molecule has 0 saturated heterocycles. The number of hydrogen-bond acceptors (Lipinski definition) is 6. The van der Waals surface area contributed by atoms with E-state index in [0.29, 0.717) is 41.2 Å². The van der Waals surface area contributed by atoms with E-state index >= 15 is 0 Å². The van der Waals surface area contributed by atoms with Crippen molar-refractivity contribution in [3.8, 4) is 11.5 Å². The summed E-state index contributed by atoms with van der Waals surface area (Å²) >= 11 is 3.59. The lowest BCUT2D eigenvalue weighted by Crippen LogP contribution is -2.46. The molecule has 0 unspecified atom stereocenters. The van der Waals surface area contributed by atoms with Crippen molar-refractivity contribution in [1.29, 1.82) is 0 Å². The molecule has 8 nitrogen and oxygen atoms in total. The Hall–Kier alpha value is -3.73. The average molecular weight is 667 g/mol. The van der Waals surface area contributed by atoms with Gasteiger partial charge >= 0.3 is 0 Å². The molecule has 0 heterocycles. The van der Waals surface area contributed by atoms with E-state index in [1.165, 1.54) is 18.3 Å². The van der Waals surface area contributed by atoms with Gasteiger partial charge in [-0.1, -0.05) is 74.0 Å². The standard InChI is InChI=1S/C33H36BrN3O5S/c1-5-41-31-19-24(18-29(34)32(31)42-21-26-11-8-10-25-9-6-7-12-28(25)26)20-35-36-33(38)30(17-22(2)3)37-43(39,40)27-15-13-23(4)14-16-27/h6-16,18-20,22,30,37H,5,17,21H2,1-4H3,(H,36,38)/b35-20-/t30-/m0/s1. The largest absolute Gasteiger partial charge is 0.490 e. The number of rotatable bonds is 13. The molecule has 0 saturated carbocycles. The van der Waals surface area contributed by atoms with E-state index in [1.807, 2.05) is 58.0 Å². The van der Waals surface area contributed by atoms with Crippen molar-refractivity contribution in [3.05, 3.63) is 100 Å². The van der Waals surface area contributed by atoms with Crippen molar-refractivity contribution >= 4 is 48.8 Å². The van der Waals surface area contributed by atoms with Crippen LogP contribution in [0, 0.1) is 12.8 Å². The molecule has 4 aromatic rings. The van der Waals surface area contributed by atoms with Crippen LogP contribution in [0.1, 0.15) is 43.9 Å². The Labute approximate surface area is 261 Å². The van der Waals surface area contributed by atoms with Gasteiger partial charge in [0.15, 0.2) is 11.5 Å². The molecule has 0 aliphatic carbocycles. The number of carbonyl (C=O) groups is 1. The third-order valence-electron chi connectivity index (χ3n) is 6.62. The minimum atomic E-state index is -3.90. The lowest BCUT2D eigenvalue weighted by Gasteiger charge is -2.19. The first kappa shape index (κ1) is 32.2. The molecule has 1 amide bonds. The van der Waals surface area contributed by atoms with Gasteiger partial charge in [0.25, 0.3) is 5.91 Å². The number of hydrazone groups is 1. The SMILES string of the molecule is CCOc1cc(/C=N\NC(=O)[C@H](CC(C)C)NS(=O)(=O)c2ccc(C)cc2)cc(Br)c1OCc1cccc2ccccc12. The van der Waals surface area contributed by atoms with Gasteiger partial charge in [-0.3, -0.25) is 4.79 Å². The maximum Gasteiger partial charge on any atom is 0.258 e. The topological polar surface area (TPSA) is 106 Å². The van der Waals surface area contributed by atoms with Crippen molar-refractivity contribution < 1.29 is 22.7 Å². The number of nitrogens with one attached hydrogen (secondary N) is 2. The molecule has 2 N–H and O–H groups in total. The van der Waals surface area contributed by atoms with Crippen molar-refractivity contribution in [1.82, 2.24) is 10.1 Å². The summed E-state index contributed by atoms with van der Waals surface area (Å²) in [7, 11) is -3.90. The van der Waals surface area contributed by atoms with E-state index in [1.54, 1.807) is 18.2 Å². The van der Waals surface area contributed by atoms with Crippen LogP contribution in [0.2, 0.25) is 0 Å². The van der Waals surface area contributed by atoms with Crippen LogP contribution < -0.4 is 19.6 Å². The highest BCUT2D eigenvalue weighted by atomic mass is 79.9. The predicted octanol–water partition coefficient (Wildman–Crippen LogP) is 6.73. The second-order valence-electron chi connectivity index (χ2n) is 10.5. The van der Waals surface area contributed by atoms with Crippen LogP contribution in [0.4, 0.5) is 0 Å². The number of benzene rings is 4. The highest BCUT2D eigenvalue weighted by molar-refractivity contribution is 9.10. The van der Waals surface area contributed by atoms with Crippen molar-refractivity contribution in [2.45, 2.75) is 51.7 Å². The fraction of sp³-hybridized carbons (Fsp3) is 0.273. The van der Waals surface area contributed by atoms with Gasteiger partial charge in [0.2, 0.25) is 10.0 Å². The highest BCUT2D eigenvalue weighted by Gasteiger charge is 2.26. The molecule has 1 atom stereocenters. The molecule has 4 aromatic carbocycles. The lowest BCUT2D eigenvalue weighted by atomic mass is 10.0. The predicted molar refractivity (Wildman–Crippen MR) is 174 cm³/mol. The normalized spacial score (nSPS) is 12.5. The van der Waals surface area contributed by atoms with Crippen LogP contribution in [0.3, 0.4) is 0 Å². The molecule has 0 spiro atoms. The highest BCUT2D eigenvalue weighted by Crippen LogP contribution is 2.37. The average Bonchev–Trinajstić information content (AvgIpc) is 2.96. The maximum atomic E-state index is 13.0. The first-order valence-corrected chi connectivity index (χ1v) is 16.3. The van der Waals surface area contributed by atoms with Gasteiger partial charge in [0, 0.05) is 0 Å². The van der Waals surface area contributed by atoms with Crippen molar-refractivity contribution in [2.24, 2.45) is 11.0 Å². The van der Waals surface area contributed by atoms with Gasteiger partial charge in [-0.05, 0) is 88.3 Å². The number of aryl methyl sites for hydroxylation is 1. The van der Waals surface area contributed by atoms with Gasteiger partial charge < -0.3 is 9.47 Å². The molecular weight excluding hydrogens is 630 g/mol. The molecule has 43 heavy (non-hydrogen) atoms. The molecule has 0 bridgehead atoms. The quantitative estimate of drug-likeness (QED) is 0.122. The van der Waals surface area contributed by atoms with E-state index in [-0.39, 0.29) is 10.8 Å². The van der Waals surface area contributed by atoms with Crippen LogP contribution in [0.5, 0.6) is 11.5 Å². The maximum absolute atomic E-state index is 13.0. The van der Waals surface area contributed by atoms with E-state index in [2.05, 4.69) is 49.4 Å². The molecule has 226 valence electrons. The number of fused-ring (bicyclic) bond motifs is 1. The second-order valence-corrected chi connectivity index (χ2v) is 13.1. The molecule has 10 heteroatoms. The molecule has 4 rings (SSSR count). The molecule has 0 aliphatic rings. The Balaban J connectivity index is 1.47. The molecule has 0 aliphatic heterocycles. The number of ether oxygens (including phenoxy) is 2. The third kappa shape index (κ3) is 8.65. The molecule has 0 fully saturated rings. The summed E-state index contributed by atoms with van der Waals surface area (Å²) in [5, 5.41) is 6.37. The Bertz CT molecular complexity index is 1700. The van der Waals surface area contributed by atoms with E-state index in [4.69, 9.17) is 9.47 Å². The fourth-order valence-electron chi connectivity index (χ4n) is 4.53. The first-order chi connectivity index (χ1) is 20.6. The smallest absolute Gasteiger partial charge is 0.258 e. The van der Waals surface area contributed by atoms with E-state index < -0.39 is 22.0 Å². The van der Waals surface area contributed by atoms with Gasteiger partial charge in [0.05, 0.1) is 22.2 Å². The van der Waals surface area contributed by atoms with Crippen LogP contribution in [-0.4, -0.2) is 33.2 Å². The summed E-state index contributed by atoms with van der Waals surface area (Å²) in [6, 6.07) is 23.3. The lowest BCUT2D eigenvalue weighted by molar-refractivity contribution is -0.123. The van der Waals surface area contributed by atoms with Crippen molar-refractivity contribution in [3.63, 3.8) is 0 Å². The number of carbonyl (C=O) groups excluding carboxylic acids is 1.